The van der Waals surface area contributed by atoms with Crippen molar-refractivity contribution >= 4 is 5.65 Å². The minimum absolute atomic E-state index is 0.0608. The van der Waals surface area contributed by atoms with Crippen LogP contribution >= 0.6 is 0 Å². The van der Waals surface area contributed by atoms with Crippen LogP contribution in [0, 0.1) is 0 Å². The van der Waals surface area contributed by atoms with Crippen LogP contribution in [-0.2, 0) is 19.1 Å². The molecule has 7 nitrogen and oxygen atoms in total. The van der Waals surface area contributed by atoms with Gasteiger partial charge in [0, 0.05) is 43.2 Å². The van der Waals surface area contributed by atoms with Crippen molar-refractivity contribution in [2.24, 2.45) is 0 Å². The van der Waals surface area contributed by atoms with Gasteiger partial charge in [0.05, 0.1) is 5.69 Å². The van der Waals surface area contributed by atoms with E-state index in [0.717, 1.165) is 42.2 Å². The third-order valence-corrected chi connectivity index (χ3v) is 5.92. The summed E-state index contributed by atoms with van der Waals surface area (Å²) in [6.45, 7) is 4.09. The van der Waals surface area contributed by atoms with Gasteiger partial charge in [0.15, 0.2) is 5.65 Å². The average Bonchev–Trinajstić information content (AvgIpc) is 3.46. The lowest BCUT2D eigenvalue weighted by Crippen LogP contribution is -2.19. The number of fused-ring (bicyclic) bond motifs is 1. The summed E-state index contributed by atoms with van der Waals surface area (Å²) in [5.74, 6) is 0.712. The smallest absolute Gasteiger partial charge is 0.424 e. The second-order valence-electron chi connectivity index (χ2n) is 8.32. The van der Waals surface area contributed by atoms with Crippen LogP contribution in [0.1, 0.15) is 41.9 Å². The van der Waals surface area contributed by atoms with Gasteiger partial charge < -0.3 is 4.74 Å². The van der Waals surface area contributed by atoms with Crippen LogP contribution in [0.5, 0.6) is 11.8 Å². The van der Waals surface area contributed by atoms with Gasteiger partial charge in [0.25, 0.3) is 0 Å². The van der Waals surface area contributed by atoms with Crippen LogP contribution in [0.25, 0.3) is 5.65 Å². The molecule has 0 spiro atoms. The Morgan fingerprint density at radius 2 is 1.85 bits per heavy atom. The molecule has 0 radical (unpaired) electrons. The summed E-state index contributed by atoms with van der Waals surface area (Å²) in [7, 11) is 0. The molecule has 176 valence electrons. The SMILES string of the molecule is CCc1cc(C(F)(F)F)n2nc([C@@H]3CCN(Cc4ccc(Oc5ncccn5)cc4)C3)cc2n1. The van der Waals surface area contributed by atoms with Gasteiger partial charge in [-0.1, -0.05) is 19.1 Å². The van der Waals surface area contributed by atoms with Crippen molar-refractivity contribution in [2.45, 2.75) is 38.4 Å². The van der Waals surface area contributed by atoms with Crippen LogP contribution in [-0.4, -0.2) is 42.6 Å². The first kappa shape index (κ1) is 22.3. The Labute approximate surface area is 194 Å². The maximum atomic E-state index is 13.6. The Bertz CT molecular complexity index is 1270. The molecular formula is C24H23F3N6O. The number of ether oxygens (including phenoxy) is 1. The molecule has 0 amide bonds. The molecule has 4 heterocycles. The molecule has 0 N–H and O–H groups in total. The lowest BCUT2D eigenvalue weighted by molar-refractivity contribution is -0.142. The third kappa shape index (κ3) is 4.72. The van der Waals surface area contributed by atoms with E-state index in [0.29, 0.717) is 29.6 Å². The van der Waals surface area contributed by atoms with Crippen molar-refractivity contribution in [3.05, 3.63) is 77.5 Å². The van der Waals surface area contributed by atoms with E-state index in [9.17, 15) is 13.2 Å². The maximum Gasteiger partial charge on any atom is 0.433 e. The molecule has 1 saturated heterocycles. The van der Waals surface area contributed by atoms with Crippen molar-refractivity contribution < 1.29 is 17.9 Å². The second-order valence-corrected chi connectivity index (χ2v) is 8.32. The van der Waals surface area contributed by atoms with Crippen molar-refractivity contribution in [1.29, 1.82) is 0 Å². The van der Waals surface area contributed by atoms with Crippen LogP contribution in [0.15, 0.2) is 54.9 Å². The van der Waals surface area contributed by atoms with Crippen molar-refractivity contribution in [1.82, 2.24) is 29.5 Å². The minimum atomic E-state index is -4.49. The molecule has 3 aromatic heterocycles. The normalized spacial score (nSPS) is 16.9. The minimum Gasteiger partial charge on any atom is -0.424 e. The van der Waals surface area contributed by atoms with Gasteiger partial charge in [0.2, 0.25) is 0 Å². The molecule has 1 aliphatic heterocycles. The molecule has 0 bridgehead atoms. The van der Waals surface area contributed by atoms with Gasteiger partial charge in [-0.2, -0.15) is 18.3 Å². The number of rotatable bonds is 6. The van der Waals surface area contributed by atoms with E-state index in [1.54, 1.807) is 31.5 Å². The number of benzene rings is 1. The highest BCUT2D eigenvalue weighted by molar-refractivity contribution is 5.43. The molecule has 4 aromatic rings. The standard InChI is InChI=1S/C24H23F3N6O/c1-2-18-12-21(24(25,26)27)33-22(30-18)13-20(31-33)17-8-11-32(15-17)14-16-4-6-19(7-5-16)34-23-28-9-3-10-29-23/h3-7,9-10,12-13,17H,2,8,11,14-15H2,1H3/t17-/m1/s1. The summed E-state index contributed by atoms with van der Waals surface area (Å²) >= 11 is 0. The number of alkyl halides is 3. The number of hydrogen-bond acceptors (Lipinski definition) is 6. The summed E-state index contributed by atoms with van der Waals surface area (Å²) < 4.78 is 47.2. The van der Waals surface area contributed by atoms with Gasteiger partial charge in [0.1, 0.15) is 11.4 Å². The topological polar surface area (TPSA) is 68.4 Å². The molecular weight excluding hydrogens is 445 g/mol. The molecule has 0 saturated carbocycles. The van der Waals surface area contributed by atoms with E-state index in [4.69, 9.17) is 4.74 Å². The fraction of sp³-hybridized carbons (Fsp3) is 0.333. The van der Waals surface area contributed by atoms with Gasteiger partial charge in [-0.05, 0) is 49.2 Å². The summed E-state index contributed by atoms with van der Waals surface area (Å²) in [5.41, 5.74) is 1.65. The Hall–Kier alpha value is -3.53. The zero-order valence-electron chi connectivity index (χ0n) is 18.5. The lowest BCUT2D eigenvalue weighted by atomic mass is 10.1. The number of nitrogens with zero attached hydrogens (tertiary/aromatic N) is 6. The summed E-state index contributed by atoms with van der Waals surface area (Å²) in [5, 5.41) is 4.31. The highest BCUT2D eigenvalue weighted by Gasteiger charge is 2.36. The van der Waals surface area contributed by atoms with Crippen LogP contribution in [0.2, 0.25) is 0 Å². The van der Waals surface area contributed by atoms with Crippen LogP contribution in [0.4, 0.5) is 13.2 Å². The molecule has 1 fully saturated rings. The highest BCUT2D eigenvalue weighted by Crippen LogP contribution is 2.33. The van der Waals surface area contributed by atoms with Crippen LogP contribution < -0.4 is 4.74 Å². The van der Waals surface area contributed by atoms with E-state index in [2.05, 4.69) is 25.0 Å². The van der Waals surface area contributed by atoms with Gasteiger partial charge in [-0.3, -0.25) is 4.90 Å². The molecule has 0 aliphatic carbocycles. The van der Waals surface area contributed by atoms with E-state index in [1.165, 1.54) is 0 Å². The molecule has 1 atom stereocenters. The van der Waals surface area contributed by atoms with Gasteiger partial charge in [-0.25, -0.2) is 19.5 Å². The van der Waals surface area contributed by atoms with Crippen molar-refractivity contribution in [2.75, 3.05) is 13.1 Å². The van der Waals surface area contributed by atoms with E-state index < -0.39 is 11.9 Å². The number of halogens is 3. The molecule has 0 unspecified atom stereocenters. The Balaban J connectivity index is 1.27. The fourth-order valence-electron chi connectivity index (χ4n) is 4.21. The molecule has 1 aromatic carbocycles. The van der Waals surface area contributed by atoms with E-state index >= 15 is 0 Å². The summed E-state index contributed by atoms with van der Waals surface area (Å²) in [6.07, 6.45) is 0.00904. The number of hydrogen-bond donors (Lipinski definition) is 0. The molecule has 1 aliphatic rings. The molecule has 10 heteroatoms. The largest absolute Gasteiger partial charge is 0.433 e. The van der Waals surface area contributed by atoms with Gasteiger partial charge in [-0.15, -0.1) is 0 Å². The predicted octanol–water partition coefficient (Wildman–Crippen LogP) is 4.88. The first-order valence-corrected chi connectivity index (χ1v) is 11.1. The highest BCUT2D eigenvalue weighted by atomic mass is 19.4. The first-order valence-electron chi connectivity index (χ1n) is 11.1. The van der Waals surface area contributed by atoms with E-state index in [1.807, 2.05) is 24.3 Å². The number of aromatic nitrogens is 5. The second kappa shape index (κ2) is 9.02. The quantitative estimate of drug-likeness (QED) is 0.402. The first-order chi connectivity index (χ1) is 16.4. The van der Waals surface area contributed by atoms with Crippen LogP contribution in [0.3, 0.4) is 0 Å². The predicted molar refractivity (Wildman–Crippen MR) is 119 cm³/mol. The summed E-state index contributed by atoms with van der Waals surface area (Å²) in [6, 6.07) is 12.5. The monoisotopic (exact) mass is 468 g/mol. The van der Waals surface area contributed by atoms with Crippen molar-refractivity contribution in [3.8, 4) is 11.8 Å². The number of likely N-dealkylation sites (tertiary alicyclic amines) is 1. The average molecular weight is 468 g/mol. The Kier molecular flexibility index (Phi) is 5.91. The van der Waals surface area contributed by atoms with Gasteiger partial charge >= 0.3 is 12.2 Å². The third-order valence-electron chi connectivity index (χ3n) is 5.92. The molecule has 5 rings (SSSR count). The van der Waals surface area contributed by atoms with E-state index in [-0.39, 0.29) is 11.6 Å². The number of aryl methyl sites for hydroxylation is 1. The Morgan fingerprint density at radius 3 is 2.56 bits per heavy atom. The lowest BCUT2D eigenvalue weighted by Gasteiger charge is -2.16. The maximum absolute atomic E-state index is 13.6. The Morgan fingerprint density at radius 1 is 1.09 bits per heavy atom. The zero-order chi connectivity index (χ0) is 23.7. The zero-order valence-corrected chi connectivity index (χ0v) is 18.5. The van der Waals surface area contributed by atoms with Crippen molar-refractivity contribution in [3.63, 3.8) is 0 Å². The summed E-state index contributed by atoms with van der Waals surface area (Å²) in [4.78, 5) is 14.7. The molecule has 34 heavy (non-hydrogen) atoms. The fourth-order valence-corrected chi connectivity index (χ4v) is 4.21.